The molecule has 1 atom stereocenters. The highest BCUT2D eigenvalue weighted by molar-refractivity contribution is 5.12. The molecule has 0 N–H and O–H groups in total. The zero-order chi connectivity index (χ0) is 8.15. The van der Waals surface area contributed by atoms with E-state index in [0.717, 1.165) is 5.57 Å². The molecule has 1 radical (unpaired) electrons. The maximum atomic E-state index is 3.98. The second kappa shape index (κ2) is 4.32. The number of hydrogen-bond acceptors (Lipinski definition) is 0. The standard InChI is InChI=1S/C10H17/c1-8(2)6-7-10(5)9(3)4/h6-7,9-10H,1,5H2,2-4H3. The molecule has 0 nitrogen and oxygen atoms in total. The lowest BCUT2D eigenvalue weighted by Gasteiger charge is -2.08. The fourth-order valence-corrected chi connectivity index (χ4v) is 0.510. The van der Waals surface area contributed by atoms with E-state index in [1.165, 1.54) is 0 Å². The zero-order valence-electron chi connectivity index (χ0n) is 7.22. The van der Waals surface area contributed by atoms with Crippen molar-refractivity contribution in [3.63, 3.8) is 0 Å². The van der Waals surface area contributed by atoms with Crippen molar-refractivity contribution in [1.29, 1.82) is 0 Å². The Morgan fingerprint density at radius 3 is 2.20 bits per heavy atom. The molecule has 0 saturated carbocycles. The van der Waals surface area contributed by atoms with Crippen LogP contribution in [-0.4, -0.2) is 0 Å². The van der Waals surface area contributed by atoms with Crippen LogP contribution in [0, 0.1) is 18.8 Å². The van der Waals surface area contributed by atoms with Gasteiger partial charge < -0.3 is 0 Å². The van der Waals surface area contributed by atoms with Crippen molar-refractivity contribution >= 4 is 0 Å². The first-order chi connectivity index (χ1) is 4.54. The molecular weight excluding hydrogens is 120 g/mol. The Balaban J connectivity index is 3.77. The molecule has 0 rings (SSSR count). The molecule has 0 aromatic rings. The molecule has 57 valence electrons. The van der Waals surface area contributed by atoms with E-state index in [1.807, 2.05) is 13.0 Å². The largest absolute Gasteiger partial charge is 0.0961 e. The summed E-state index contributed by atoms with van der Waals surface area (Å²) in [5.41, 5.74) is 1.09. The monoisotopic (exact) mass is 137 g/mol. The minimum absolute atomic E-state index is 0.414. The van der Waals surface area contributed by atoms with Gasteiger partial charge in [0.25, 0.3) is 0 Å². The normalized spacial score (nSPS) is 14.5. The van der Waals surface area contributed by atoms with E-state index >= 15 is 0 Å². The summed E-state index contributed by atoms with van der Waals surface area (Å²) < 4.78 is 0. The molecule has 10 heavy (non-hydrogen) atoms. The van der Waals surface area contributed by atoms with E-state index in [2.05, 4.69) is 33.4 Å². The second-order valence-corrected chi connectivity index (χ2v) is 3.11. The lowest BCUT2D eigenvalue weighted by Crippen LogP contribution is -1.99. The van der Waals surface area contributed by atoms with E-state index < -0.39 is 0 Å². The highest BCUT2D eigenvalue weighted by Crippen LogP contribution is 2.10. The van der Waals surface area contributed by atoms with E-state index in [9.17, 15) is 0 Å². The number of hydrogen-bond donors (Lipinski definition) is 0. The van der Waals surface area contributed by atoms with E-state index in [1.54, 1.807) is 0 Å². The molecule has 0 aromatic heterocycles. The van der Waals surface area contributed by atoms with Crippen LogP contribution in [0.25, 0.3) is 0 Å². The fourth-order valence-electron chi connectivity index (χ4n) is 0.510. The molecule has 0 heterocycles. The summed E-state index contributed by atoms with van der Waals surface area (Å²) >= 11 is 0. The van der Waals surface area contributed by atoms with Crippen LogP contribution in [0.5, 0.6) is 0 Å². The van der Waals surface area contributed by atoms with Crippen LogP contribution in [0.4, 0.5) is 0 Å². The lowest BCUT2D eigenvalue weighted by atomic mass is 9.97. The van der Waals surface area contributed by atoms with Crippen LogP contribution in [0.2, 0.25) is 0 Å². The first kappa shape index (κ1) is 9.48. The summed E-state index contributed by atoms with van der Waals surface area (Å²) in [5, 5.41) is 0. The minimum Gasteiger partial charge on any atom is -0.0961 e. The van der Waals surface area contributed by atoms with Crippen molar-refractivity contribution in [1.82, 2.24) is 0 Å². The van der Waals surface area contributed by atoms with Gasteiger partial charge in [-0.1, -0.05) is 38.2 Å². The van der Waals surface area contributed by atoms with Crippen molar-refractivity contribution in [3.05, 3.63) is 31.2 Å². The molecule has 0 amide bonds. The SMILES string of the molecule is [CH2]C(C=CC(=C)C)C(C)C. The molecule has 0 aliphatic rings. The van der Waals surface area contributed by atoms with E-state index in [-0.39, 0.29) is 0 Å². The first-order valence-corrected chi connectivity index (χ1v) is 3.71. The molecule has 0 heteroatoms. The van der Waals surface area contributed by atoms with Crippen LogP contribution in [0.15, 0.2) is 24.3 Å². The van der Waals surface area contributed by atoms with Gasteiger partial charge in [-0.3, -0.25) is 0 Å². The smallest absolute Gasteiger partial charge is 0.0207 e. The van der Waals surface area contributed by atoms with Crippen LogP contribution in [0.1, 0.15) is 20.8 Å². The van der Waals surface area contributed by atoms with Gasteiger partial charge in [0.15, 0.2) is 0 Å². The van der Waals surface area contributed by atoms with Gasteiger partial charge in [0.1, 0.15) is 0 Å². The highest BCUT2D eigenvalue weighted by Gasteiger charge is 2.00. The minimum atomic E-state index is 0.414. The van der Waals surface area contributed by atoms with Gasteiger partial charge in [0.2, 0.25) is 0 Å². The molecular formula is C10H17. The third-order valence-electron chi connectivity index (χ3n) is 1.48. The third-order valence-corrected chi connectivity index (χ3v) is 1.48. The Labute approximate surface area is 64.6 Å². The van der Waals surface area contributed by atoms with Gasteiger partial charge in [0, 0.05) is 0 Å². The van der Waals surface area contributed by atoms with Crippen molar-refractivity contribution in [2.45, 2.75) is 20.8 Å². The maximum absolute atomic E-state index is 3.98. The molecule has 0 saturated heterocycles. The Kier molecular flexibility index (Phi) is 4.10. The van der Waals surface area contributed by atoms with Gasteiger partial charge in [-0.25, -0.2) is 0 Å². The Bertz CT molecular complexity index is 129. The summed E-state index contributed by atoms with van der Waals surface area (Å²) in [4.78, 5) is 0. The topological polar surface area (TPSA) is 0 Å². The summed E-state index contributed by atoms with van der Waals surface area (Å²) in [6.07, 6.45) is 4.13. The molecule has 0 aromatic carbocycles. The zero-order valence-corrected chi connectivity index (χ0v) is 7.22. The van der Waals surface area contributed by atoms with Gasteiger partial charge in [-0.15, -0.1) is 0 Å². The summed E-state index contributed by atoms with van der Waals surface area (Å²) in [6.45, 7) is 14.1. The Morgan fingerprint density at radius 2 is 1.90 bits per heavy atom. The van der Waals surface area contributed by atoms with Crippen molar-refractivity contribution in [2.24, 2.45) is 11.8 Å². The molecule has 0 fully saturated rings. The van der Waals surface area contributed by atoms with Crippen LogP contribution in [-0.2, 0) is 0 Å². The van der Waals surface area contributed by atoms with Crippen LogP contribution < -0.4 is 0 Å². The van der Waals surface area contributed by atoms with Crippen molar-refractivity contribution in [2.75, 3.05) is 0 Å². The quantitative estimate of drug-likeness (QED) is 0.524. The van der Waals surface area contributed by atoms with Gasteiger partial charge in [-0.05, 0) is 25.7 Å². The molecule has 0 aliphatic heterocycles. The van der Waals surface area contributed by atoms with Crippen molar-refractivity contribution in [3.8, 4) is 0 Å². The second-order valence-electron chi connectivity index (χ2n) is 3.11. The third kappa shape index (κ3) is 4.37. The lowest BCUT2D eigenvalue weighted by molar-refractivity contribution is 0.547. The van der Waals surface area contributed by atoms with E-state index in [4.69, 9.17) is 0 Å². The summed E-state index contributed by atoms with van der Waals surface area (Å²) in [6, 6.07) is 0. The fraction of sp³-hybridized carbons (Fsp3) is 0.500. The molecule has 0 spiro atoms. The Hall–Kier alpha value is -0.520. The van der Waals surface area contributed by atoms with Crippen LogP contribution in [0.3, 0.4) is 0 Å². The predicted molar refractivity (Wildman–Crippen MR) is 47.6 cm³/mol. The van der Waals surface area contributed by atoms with E-state index in [0.29, 0.717) is 11.8 Å². The highest BCUT2D eigenvalue weighted by atomic mass is 14.1. The maximum Gasteiger partial charge on any atom is -0.0207 e. The summed E-state index contributed by atoms with van der Waals surface area (Å²) in [5.74, 6) is 1.03. The van der Waals surface area contributed by atoms with Crippen molar-refractivity contribution < 1.29 is 0 Å². The van der Waals surface area contributed by atoms with Gasteiger partial charge in [0.05, 0.1) is 0 Å². The number of allylic oxidation sites excluding steroid dienone is 3. The molecule has 0 bridgehead atoms. The van der Waals surface area contributed by atoms with Crippen LogP contribution >= 0.6 is 0 Å². The van der Waals surface area contributed by atoms with Gasteiger partial charge >= 0.3 is 0 Å². The average Bonchev–Trinajstić information content (AvgIpc) is 1.82. The van der Waals surface area contributed by atoms with Gasteiger partial charge in [-0.2, -0.15) is 0 Å². The number of rotatable bonds is 3. The molecule has 0 aliphatic carbocycles. The average molecular weight is 137 g/mol. The predicted octanol–water partition coefficient (Wildman–Crippen LogP) is 3.22. The summed E-state index contributed by atoms with van der Waals surface area (Å²) in [7, 11) is 0. The first-order valence-electron chi connectivity index (χ1n) is 3.71. The molecule has 1 unspecified atom stereocenters. The Morgan fingerprint density at radius 1 is 1.40 bits per heavy atom.